The SMILES string of the molecule is C=C(c1ccccc1Cl)N1CCC(C)CC1. The van der Waals surface area contributed by atoms with E-state index in [2.05, 4.69) is 18.4 Å². The quantitative estimate of drug-likeness (QED) is 0.748. The van der Waals surface area contributed by atoms with E-state index in [4.69, 9.17) is 11.6 Å². The van der Waals surface area contributed by atoms with Gasteiger partial charge in [-0.3, -0.25) is 0 Å². The van der Waals surface area contributed by atoms with Gasteiger partial charge < -0.3 is 4.90 Å². The number of hydrogen-bond acceptors (Lipinski definition) is 1. The molecule has 16 heavy (non-hydrogen) atoms. The first-order valence-corrected chi connectivity index (χ1v) is 6.25. The number of halogens is 1. The van der Waals surface area contributed by atoms with Crippen LogP contribution < -0.4 is 0 Å². The Morgan fingerprint density at radius 1 is 1.31 bits per heavy atom. The first-order chi connectivity index (χ1) is 7.68. The highest BCUT2D eigenvalue weighted by molar-refractivity contribution is 6.32. The van der Waals surface area contributed by atoms with Gasteiger partial charge >= 0.3 is 0 Å². The molecule has 0 N–H and O–H groups in total. The molecule has 0 aromatic heterocycles. The van der Waals surface area contributed by atoms with E-state index in [1.165, 1.54) is 12.8 Å². The second-order valence-electron chi connectivity index (χ2n) is 4.60. The maximum atomic E-state index is 6.18. The molecule has 0 saturated carbocycles. The van der Waals surface area contributed by atoms with E-state index in [-0.39, 0.29) is 0 Å². The minimum atomic E-state index is 0.797. The lowest BCUT2D eigenvalue weighted by molar-refractivity contribution is 0.268. The van der Waals surface area contributed by atoms with Gasteiger partial charge in [0.1, 0.15) is 0 Å². The third-order valence-electron chi connectivity index (χ3n) is 3.35. The van der Waals surface area contributed by atoms with Crippen LogP contribution in [0.15, 0.2) is 30.8 Å². The van der Waals surface area contributed by atoms with Crippen LogP contribution in [0.3, 0.4) is 0 Å². The van der Waals surface area contributed by atoms with Crippen LogP contribution in [-0.2, 0) is 0 Å². The topological polar surface area (TPSA) is 3.24 Å². The molecule has 0 spiro atoms. The van der Waals surface area contributed by atoms with Crippen LogP contribution in [0, 0.1) is 5.92 Å². The molecule has 0 amide bonds. The molecule has 0 aliphatic carbocycles. The van der Waals surface area contributed by atoms with E-state index in [1.54, 1.807) is 0 Å². The van der Waals surface area contributed by atoms with Crippen LogP contribution >= 0.6 is 11.6 Å². The predicted molar refractivity (Wildman–Crippen MR) is 70.5 cm³/mol. The van der Waals surface area contributed by atoms with Crippen molar-refractivity contribution in [2.24, 2.45) is 5.92 Å². The highest BCUT2D eigenvalue weighted by Gasteiger charge is 2.18. The van der Waals surface area contributed by atoms with Gasteiger partial charge in [0.15, 0.2) is 0 Å². The van der Waals surface area contributed by atoms with Crippen LogP contribution in [0.5, 0.6) is 0 Å². The van der Waals surface area contributed by atoms with Crippen molar-refractivity contribution < 1.29 is 0 Å². The fraction of sp³-hybridized carbons (Fsp3) is 0.429. The third-order valence-corrected chi connectivity index (χ3v) is 3.68. The summed E-state index contributed by atoms with van der Waals surface area (Å²) in [5.41, 5.74) is 2.14. The average molecular weight is 236 g/mol. The van der Waals surface area contributed by atoms with E-state index in [0.717, 1.165) is 35.3 Å². The second kappa shape index (κ2) is 4.92. The Kier molecular flexibility index (Phi) is 3.55. The number of hydrogen-bond donors (Lipinski definition) is 0. The van der Waals surface area contributed by atoms with Gasteiger partial charge in [-0.25, -0.2) is 0 Å². The van der Waals surface area contributed by atoms with Gasteiger partial charge in [0.2, 0.25) is 0 Å². The summed E-state index contributed by atoms with van der Waals surface area (Å²) in [7, 11) is 0. The van der Waals surface area contributed by atoms with Crippen LogP contribution in [0.25, 0.3) is 5.70 Å². The third kappa shape index (κ3) is 2.41. The highest BCUT2D eigenvalue weighted by atomic mass is 35.5. The molecule has 1 aromatic carbocycles. The monoisotopic (exact) mass is 235 g/mol. The first-order valence-electron chi connectivity index (χ1n) is 5.87. The molecule has 0 radical (unpaired) electrons. The smallest absolute Gasteiger partial charge is 0.0498 e. The van der Waals surface area contributed by atoms with E-state index < -0.39 is 0 Å². The Labute approximate surface area is 103 Å². The Morgan fingerprint density at radius 3 is 2.56 bits per heavy atom. The summed E-state index contributed by atoms with van der Waals surface area (Å²) in [5.74, 6) is 0.843. The standard InChI is InChI=1S/C14H18ClN/c1-11-7-9-16(10-8-11)12(2)13-5-3-4-6-14(13)15/h3-6,11H,2,7-10H2,1H3. The van der Waals surface area contributed by atoms with Gasteiger partial charge in [0.05, 0.1) is 0 Å². The lowest BCUT2D eigenvalue weighted by Crippen LogP contribution is -2.31. The molecule has 86 valence electrons. The largest absolute Gasteiger partial charge is 0.371 e. The molecule has 2 heteroatoms. The van der Waals surface area contributed by atoms with Gasteiger partial charge in [0.25, 0.3) is 0 Å². The molecule has 1 nitrogen and oxygen atoms in total. The van der Waals surface area contributed by atoms with Gasteiger partial charge in [-0.1, -0.05) is 43.3 Å². The summed E-state index contributed by atoms with van der Waals surface area (Å²) in [4.78, 5) is 2.35. The summed E-state index contributed by atoms with van der Waals surface area (Å²) in [6.45, 7) is 8.70. The van der Waals surface area contributed by atoms with Crippen molar-refractivity contribution in [1.29, 1.82) is 0 Å². The lowest BCUT2D eigenvalue weighted by Gasteiger charge is -2.33. The average Bonchev–Trinajstić information content (AvgIpc) is 2.30. The van der Waals surface area contributed by atoms with Crippen LogP contribution in [0.1, 0.15) is 25.3 Å². The Morgan fingerprint density at radius 2 is 1.94 bits per heavy atom. The number of piperidine rings is 1. The number of rotatable bonds is 2. The summed E-state index contributed by atoms with van der Waals surface area (Å²) in [6.07, 6.45) is 2.51. The molecule has 0 atom stereocenters. The second-order valence-corrected chi connectivity index (χ2v) is 5.00. The zero-order valence-electron chi connectivity index (χ0n) is 9.75. The van der Waals surface area contributed by atoms with Gasteiger partial charge in [0, 0.05) is 29.4 Å². The van der Waals surface area contributed by atoms with Crippen LogP contribution in [0.2, 0.25) is 5.02 Å². The molecule has 1 fully saturated rings. The normalized spacial score (nSPS) is 17.5. The number of nitrogens with zero attached hydrogens (tertiary/aromatic N) is 1. The molecule has 1 saturated heterocycles. The fourth-order valence-electron chi connectivity index (χ4n) is 2.14. The molecule has 2 rings (SSSR count). The van der Waals surface area contributed by atoms with Crippen molar-refractivity contribution in [2.75, 3.05) is 13.1 Å². The van der Waals surface area contributed by atoms with Crippen molar-refractivity contribution in [3.05, 3.63) is 41.4 Å². The van der Waals surface area contributed by atoms with Crippen LogP contribution in [0.4, 0.5) is 0 Å². The van der Waals surface area contributed by atoms with Crippen LogP contribution in [-0.4, -0.2) is 18.0 Å². The van der Waals surface area contributed by atoms with Gasteiger partial charge in [-0.15, -0.1) is 0 Å². The maximum Gasteiger partial charge on any atom is 0.0498 e. The summed E-state index contributed by atoms with van der Waals surface area (Å²) >= 11 is 6.18. The fourth-order valence-corrected chi connectivity index (χ4v) is 2.39. The van der Waals surface area contributed by atoms with Gasteiger partial charge in [-0.05, 0) is 24.8 Å². The summed E-state index contributed by atoms with van der Waals surface area (Å²) in [5, 5.41) is 0.797. The van der Waals surface area contributed by atoms with E-state index in [0.29, 0.717) is 0 Å². The molecular formula is C14H18ClN. The Bertz CT molecular complexity index is 378. The zero-order valence-corrected chi connectivity index (χ0v) is 10.5. The van der Waals surface area contributed by atoms with Crippen molar-refractivity contribution in [2.45, 2.75) is 19.8 Å². The number of likely N-dealkylation sites (tertiary alicyclic amines) is 1. The van der Waals surface area contributed by atoms with Crippen molar-refractivity contribution in [3.63, 3.8) is 0 Å². The zero-order chi connectivity index (χ0) is 11.5. The van der Waals surface area contributed by atoms with E-state index in [9.17, 15) is 0 Å². The minimum absolute atomic E-state index is 0.797. The molecule has 1 aliphatic rings. The lowest BCUT2D eigenvalue weighted by atomic mass is 9.98. The Hall–Kier alpha value is -0.950. The molecular weight excluding hydrogens is 218 g/mol. The maximum absolute atomic E-state index is 6.18. The number of benzene rings is 1. The predicted octanol–water partition coefficient (Wildman–Crippen LogP) is 4.04. The van der Waals surface area contributed by atoms with E-state index >= 15 is 0 Å². The molecule has 1 aliphatic heterocycles. The van der Waals surface area contributed by atoms with Crippen molar-refractivity contribution >= 4 is 17.3 Å². The summed E-state index contributed by atoms with van der Waals surface area (Å²) in [6, 6.07) is 7.94. The molecule has 1 heterocycles. The Balaban J connectivity index is 2.11. The van der Waals surface area contributed by atoms with Crippen molar-refractivity contribution in [1.82, 2.24) is 4.90 Å². The molecule has 1 aromatic rings. The van der Waals surface area contributed by atoms with Gasteiger partial charge in [-0.2, -0.15) is 0 Å². The van der Waals surface area contributed by atoms with E-state index in [1.807, 2.05) is 24.3 Å². The summed E-state index contributed by atoms with van der Waals surface area (Å²) < 4.78 is 0. The molecule has 0 unspecified atom stereocenters. The first kappa shape index (κ1) is 11.5. The minimum Gasteiger partial charge on any atom is -0.371 e. The van der Waals surface area contributed by atoms with Crippen molar-refractivity contribution in [3.8, 4) is 0 Å². The highest BCUT2D eigenvalue weighted by Crippen LogP contribution is 2.28. The molecule has 0 bridgehead atoms.